The number of rotatable bonds is 3. The number of alkyl halides is 3. The molecule has 0 bridgehead atoms. The molecule has 2 aromatic heterocycles. The van der Waals surface area contributed by atoms with Crippen molar-refractivity contribution in [1.82, 2.24) is 15.1 Å². The van der Waals surface area contributed by atoms with Crippen molar-refractivity contribution in [1.29, 1.82) is 0 Å². The molecule has 0 saturated carbocycles. The lowest BCUT2D eigenvalue weighted by molar-refractivity contribution is -0.159. The first-order valence-electron chi connectivity index (χ1n) is 8.18. The van der Waals surface area contributed by atoms with Crippen molar-refractivity contribution in [3.05, 3.63) is 60.1 Å². The van der Waals surface area contributed by atoms with Crippen LogP contribution in [-0.2, 0) is 11.0 Å². The summed E-state index contributed by atoms with van der Waals surface area (Å²) in [5.41, 5.74) is 1.27. The SMILES string of the molecule is O=C1CCC(c2ccccc2)N1c1ccc(-c2noc(C(F)(F)F)n2)cn1. The number of amides is 1. The van der Waals surface area contributed by atoms with Gasteiger partial charge in [-0.1, -0.05) is 35.5 Å². The van der Waals surface area contributed by atoms with Gasteiger partial charge in [-0.3, -0.25) is 9.69 Å². The summed E-state index contributed by atoms with van der Waals surface area (Å²) in [6.07, 6.45) is -2.30. The number of benzene rings is 1. The van der Waals surface area contributed by atoms with Gasteiger partial charge in [0.2, 0.25) is 11.7 Å². The Morgan fingerprint density at radius 2 is 1.89 bits per heavy atom. The van der Waals surface area contributed by atoms with Crippen LogP contribution in [0.2, 0.25) is 0 Å². The number of aromatic nitrogens is 3. The number of halogens is 3. The largest absolute Gasteiger partial charge is 0.471 e. The van der Waals surface area contributed by atoms with Gasteiger partial charge in [-0.2, -0.15) is 18.2 Å². The third kappa shape index (κ3) is 3.27. The zero-order valence-corrected chi connectivity index (χ0v) is 13.8. The summed E-state index contributed by atoms with van der Waals surface area (Å²) in [5, 5.41) is 3.33. The standard InChI is InChI=1S/C18H13F3N4O2/c19-18(20,21)17-23-16(24-27-17)12-6-8-14(22-10-12)25-13(7-9-15(25)26)11-4-2-1-3-5-11/h1-6,8,10,13H,7,9H2. The van der Waals surface area contributed by atoms with Gasteiger partial charge in [0.05, 0.1) is 6.04 Å². The van der Waals surface area contributed by atoms with Crippen LogP contribution >= 0.6 is 0 Å². The molecule has 1 unspecified atom stereocenters. The van der Waals surface area contributed by atoms with Crippen molar-refractivity contribution >= 4 is 11.7 Å². The van der Waals surface area contributed by atoms with Gasteiger partial charge in [0, 0.05) is 18.2 Å². The molecule has 3 aromatic rings. The molecule has 27 heavy (non-hydrogen) atoms. The Labute approximate surface area is 151 Å². The van der Waals surface area contributed by atoms with Crippen LogP contribution in [0.3, 0.4) is 0 Å². The van der Waals surface area contributed by atoms with Gasteiger partial charge in [-0.05, 0) is 24.1 Å². The van der Waals surface area contributed by atoms with Crippen LogP contribution in [-0.4, -0.2) is 21.0 Å². The topological polar surface area (TPSA) is 72.1 Å². The van der Waals surface area contributed by atoms with E-state index in [1.54, 1.807) is 11.0 Å². The number of nitrogens with zero attached hydrogens (tertiary/aromatic N) is 4. The lowest BCUT2D eigenvalue weighted by Gasteiger charge is -2.24. The molecule has 1 atom stereocenters. The molecule has 6 nitrogen and oxygen atoms in total. The maximum absolute atomic E-state index is 12.6. The smallest absolute Gasteiger partial charge is 0.329 e. The highest BCUT2D eigenvalue weighted by molar-refractivity contribution is 5.95. The van der Waals surface area contributed by atoms with E-state index in [0.717, 1.165) is 5.56 Å². The molecule has 1 aliphatic heterocycles. The molecule has 3 heterocycles. The van der Waals surface area contributed by atoms with Crippen LogP contribution < -0.4 is 4.90 Å². The highest BCUT2D eigenvalue weighted by Gasteiger charge is 2.38. The number of carbonyl (C=O) groups is 1. The van der Waals surface area contributed by atoms with E-state index in [1.165, 1.54) is 12.3 Å². The average molecular weight is 374 g/mol. The minimum atomic E-state index is -4.70. The van der Waals surface area contributed by atoms with E-state index in [1.807, 2.05) is 30.3 Å². The molecule has 0 radical (unpaired) electrons. The molecule has 0 spiro atoms. The third-order valence-corrected chi connectivity index (χ3v) is 4.32. The molecule has 1 aromatic carbocycles. The lowest BCUT2D eigenvalue weighted by Crippen LogP contribution is -2.28. The predicted molar refractivity (Wildman–Crippen MR) is 88.4 cm³/mol. The Balaban J connectivity index is 1.61. The maximum atomic E-state index is 12.6. The van der Waals surface area contributed by atoms with Gasteiger partial charge in [0.15, 0.2) is 0 Å². The van der Waals surface area contributed by atoms with Gasteiger partial charge in [-0.15, -0.1) is 0 Å². The van der Waals surface area contributed by atoms with Crippen LogP contribution in [0.5, 0.6) is 0 Å². The molecule has 9 heteroatoms. The average Bonchev–Trinajstić information content (AvgIpc) is 3.30. The van der Waals surface area contributed by atoms with Crippen molar-refractivity contribution in [2.24, 2.45) is 0 Å². The molecule has 1 saturated heterocycles. The van der Waals surface area contributed by atoms with Gasteiger partial charge in [-0.25, -0.2) is 4.98 Å². The summed E-state index contributed by atoms with van der Waals surface area (Å²) in [6.45, 7) is 0. The summed E-state index contributed by atoms with van der Waals surface area (Å²) in [5.74, 6) is -1.26. The van der Waals surface area contributed by atoms with Crippen LogP contribution in [0.25, 0.3) is 11.4 Å². The Hall–Kier alpha value is -3.23. The fourth-order valence-corrected chi connectivity index (χ4v) is 3.08. The summed E-state index contributed by atoms with van der Waals surface area (Å²) >= 11 is 0. The van der Waals surface area contributed by atoms with Gasteiger partial charge in [0.25, 0.3) is 0 Å². The predicted octanol–water partition coefficient (Wildman–Crippen LogP) is 4.02. The number of hydrogen-bond donors (Lipinski definition) is 0. The summed E-state index contributed by atoms with van der Waals surface area (Å²) in [6, 6.07) is 12.6. The van der Waals surface area contributed by atoms with E-state index in [9.17, 15) is 18.0 Å². The summed E-state index contributed by atoms with van der Waals surface area (Å²) < 4.78 is 42.0. The first-order chi connectivity index (χ1) is 12.9. The van der Waals surface area contributed by atoms with E-state index >= 15 is 0 Å². The van der Waals surface area contributed by atoms with Gasteiger partial charge >= 0.3 is 12.1 Å². The van der Waals surface area contributed by atoms with E-state index in [4.69, 9.17) is 0 Å². The normalized spacial score (nSPS) is 17.5. The van der Waals surface area contributed by atoms with Gasteiger partial charge < -0.3 is 4.52 Å². The van der Waals surface area contributed by atoms with Crippen molar-refractivity contribution in [3.63, 3.8) is 0 Å². The van der Waals surface area contributed by atoms with Crippen LogP contribution in [0.1, 0.15) is 30.3 Å². The van der Waals surface area contributed by atoms with Crippen molar-refractivity contribution in [2.75, 3.05) is 4.90 Å². The third-order valence-electron chi connectivity index (χ3n) is 4.32. The Morgan fingerprint density at radius 3 is 2.52 bits per heavy atom. The fourth-order valence-electron chi connectivity index (χ4n) is 3.08. The number of pyridine rings is 1. The number of hydrogen-bond acceptors (Lipinski definition) is 5. The second kappa shape index (κ2) is 6.49. The van der Waals surface area contributed by atoms with Crippen molar-refractivity contribution in [3.8, 4) is 11.4 Å². The summed E-state index contributed by atoms with van der Waals surface area (Å²) in [4.78, 5) is 21.5. The first-order valence-corrected chi connectivity index (χ1v) is 8.18. The molecule has 1 aliphatic rings. The lowest BCUT2D eigenvalue weighted by atomic mass is 10.0. The molecule has 1 fully saturated rings. The van der Waals surface area contributed by atoms with Gasteiger partial charge in [0.1, 0.15) is 5.82 Å². The molecule has 0 aliphatic carbocycles. The first kappa shape index (κ1) is 17.2. The van der Waals surface area contributed by atoms with E-state index < -0.39 is 12.1 Å². The molecular formula is C18H13F3N4O2. The highest BCUT2D eigenvalue weighted by Crippen LogP contribution is 2.36. The van der Waals surface area contributed by atoms with Crippen LogP contribution in [0.15, 0.2) is 53.2 Å². The second-order valence-electron chi connectivity index (χ2n) is 6.05. The Bertz CT molecular complexity index is 955. The second-order valence-corrected chi connectivity index (χ2v) is 6.05. The van der Waals surface area contributed by atoms with E-state index in [0.29, 0.717) is 18.7 Å². The number of anilines is 1. The Kier molecular flexibility index (Phi) is 4.14. The quantitative estimate of drug-likeness (QED) is 0.692. The molecule has 138 valence electrons. The van der Waals surface area contributed by atoms with Crippen molar-refractivity contribution in [2.45, 2.75) is 25.1 Å². The van der Waals surface area contributed by atoms with E-state index in [2.05, 4.69) is 19.6 Å². The molecule has 4 rings (SSSR count). The maximum Gasteiger partial charge on any atom is 0.471 e. The van der Waals surface area contributed by atoms with Crippen molar-refractivity contribution < 1.29 is 22.5 Å². The Morgan fingerprint density at radius 1 is 1.11 bits per heavy atom. The summed E-state index contributed by atoms with van der Waals surface area (Å²) in [7, 11) is 0. The van der Waals surface area contributed by atoms with E-state index in [-0.39, 0.29) is 23.3 Å². The molecule has 0 N–H and O–H groups in total. The monoisotopic (exact) mass is 374 g/mol. The highest BCUT2D eigenvalue weighted by atomic mass is 19.4. The minimum Gasteiger partial charge on any atom is -0.329 e. The fraction of sp³-hybridized carbons (Fsp3) is 0.222. The molecular weight excluding hydrogens is 361 g/mol. The minimum absolute atomic E-state index is 0.0528. The molecule has 1 amide bonds. The zero-order chi connectivity index (χ0) is 19.0. The van der Waals surface area contributed by atoms with Crippen LogP contribution in [0, 0.1) is 0 Å². The zero-order valence-electron chi connectivity index (χ0n) is 13.8. The van der Waals surface area contributed by atoms with Crippen LogP contribution in [0.4, 0.5) is 19.0 Å². The number of carbonyl (C=O) groups excluding carboxylic acids is 1.